The lowest BCUT2D eigenvalue weighted by Gasteiger charge is -2.14. The number of unbranched alkanes of at least 4 members (excludes halogenated alkanes) is 1. The van der Waals surface area contributed by atoms with Gasteiger partial charge in [-0.15, -0.1) is 0 Å². The summed E-state index contributed by atoms with van der Waals surface area (Å²) < 4.78 is 11.3. The molecule has 0 aliphatic heterocycles. The summed E-state index contributed by atoms with van der Waals surface area (Å²) in [6, 6.07) is 14.5. The molecule has 0 atom stereocenters. The SMILES string of the molecule is CCCCOc1ccccc1NC(=S)NC(=O)c1cccc(OCCC)c1. The molecule has 0 heterocycles. The van der Waals surface area contributed by atoms with Crippen molar-refractivity contribution in [1.82, 2.24) is 5.32 Å². The highest BCUT2D eigenvalue weighted by Gasteiger charge is 2.11. The van der Waals surface area contributed by atoms with E-state index in [0.29, 0.717) is 30.3 Å². The van der Waals surface area contributed by atoms with Crippen LogP contribution in [0.2, 0.25) is 0 Å². The normalized spacial score (nSPS) is 10.1. The van der Waals surface area contributed by atoms with Crippen molar-refractivity contribution in [2.45, 2.75) is 33.1 Å². The first-order valence-corrected chi connectivity index (χ1v) is 9.62. The van der Waals surface area contributed by atoms with Gasteiger partial charge in [0.2, 0.25) is 0 Å². The molecule has 2 aromatic rings. The van der Waals surface area contributed by atoms with Crippen molar-refractivity contribution in [3.05, 3.63) is 54.1 Å². The second-order valence-electron chi connectivity index (χ2n) is 5.98. The van der Waals surface area contributed by atoms with E-state index in [-0.39, 0.29) is 11.0 Å². The predicted molar refractivity (Wildman–Crippen MR) is 113 cm³/mol. The monoisotopic (exact) mass is 386 g/mol. The first kappa shape index (κ1) is 20.7. The number of para-hydroxylation sites is 2. The lowest BCUT2D eigenvalue weighted by atomic mass is 10.2. The minimum absolute atomic E-state index is 0.214. The van der Waals surface area contributed by atoms with Crippen molar-refractivity contribution in [3.8, 4) is 11.5 Å². The number of ether oxygens (including phenoxy) is 2. The van der Waals surface area contributed by atoms with Crippen LogP contribution >= 0.6 is 12.2 Å². The zero-order valence-corrected chi connectivity index (χ0v) is 16.6. The molecule has 27 heavy (non-hydrogen) atoms. The quantitative estimate of drug-likeness (QED) is 0.480. The van der Waals surface area contributed by atoms with E-state index in [9.17, 15) is 4.79 Å². The Morgan fingerprint density at radius 2 is 1.81 bits per heavy atom. The summed E-state index contributed by atoms with van der Waals surface area (Å²) in [5, 5.41) is 5.94. The summed E-state index contributed by atoms with van der Waals surface area (Å²) >= 11 is 5.28. The van der Waals surface area contributed by atoms with Gasteiger partial charge in [0, 0.05) is 5.56 Å². The van der Waals surface area contributed by atoms with Gasteiger partial charge in [0.25, 0.3) is 5.91 Å². The smallest absolute Gasteiger partial charge is 0.257 e. The van der Waals surface area contributed by atoms with Crippen LogP contribution in [0.25, 0.3) is 0 Å². The number of hydrogen-bond acceptors (Lipinski definition) is 4. The Morgan fingerprint density at radius 3 is 2.59 bits per heavy atom. The minimum Gasteiger partial charge on any atom is -0.494 e. The summed E-state index contributed by atoms with van der Waals surface area (Å²) in [4.78, 5) is 12.4. The van der Waals surface area contributed by atoms with E-state index in [4.69, 9.17) is 21.7 Å². The Bertz CT molecular complexity index is 765. The summed E-state index contributed by atoms with van der Waals surface area (Å²) in [5.74, 6) is 1.08. The maximum atomic E-state index is 12.4. The van der Waals surface area contributed by atoms with Crippen LogP contribution in [0.3, 0.4) is 0 Å². The van der Waals surface area contributed by atoms with Crippen molar-refractivity contribution in [2.24, 2.45) is 0 Å². The van der Waals surface area contributed by atoms with Crippen molar-refractivity contribution < 1.29 is 14.3 Å². The van der Waals surface area contributed by atoms with Crippen LogP contribution in [0.1, 0.15) is 43.5 Å². The molecule has 2 N–H and O–H groups in total. The molecule has 2 rings (SSSR count). The van der Waals surface area contributed by atoms with E-state index in [1.807, 2.05) is 37.3 Å². The Hall–Kier alpha value is -2.60. The van der Waals surface area contributed by atoms with Crippen molar-refractivity contribution in [2.75, 3.05) is 18.5 Å². The third kappa shape index (κ3) is 6.90. The van der Waals surface area contributed by atoms with Gasteiger partial charge in [0.15, 0.2) is 5.11 Å². The summed E-state index contributed by atoms with van der Waals surface area (Å²) in [5.41, 5.74) is 1.21. The Morgan fingerprint density at radius 1 is 1.00 bits per heavy atom. The van der Waals surface area contributed by atoms with Gasteiger partial charge in [0.05, 0.1) is 18.9 Å². The molecule has 5 nitrogen and oxygen atoms in total. The number of thiocarbonyl (C=S) groups is 1. The van der Waals surface area contributed by atoms with Gasteiger partial charge < -0.3 is 14.8 Å². The summed E-state index contributed by atoms with van der Waals surface area (Å²) in [6.07, 6.45) is 2.95. The fourth-order valence-electron chi connectivity index (χ4n) is 2.30. The molecule has 0 aliphatic carbocycles. The molecule has 6 heteroatoms. The number of carbonyl (C=O) groups is 1. The average Bonchev–Trinajstić information content (AvgIpc) is 2.68. The molecule has 0 saturated heterocycles. The molecule has 0 fully saturated rings. The highest BCUT2D eigenvalue weighted by atomic mass is 32.1. The highest BCUT2D eigenvalue weighted by Crippen LogP contribution is 2.24. The van der Waals surface area contributed by atoms with Gasteiger partial charge in [-0.05, 0) is 55.4 Å². The standard InChI is InChI=1S/C21H26N2O3S/c1-3-5-14-26-19-12-7-6-11-18(19)22-21(27)23-20(24)16-9-8-10-17(15-16)25-13-4-2/h6-12,15H,3-5,13-14H2,1-2H3,(H2,22,23,24,27). The van der Waals surface area contributed by atoms with Crippen molar-refractivity contribution >= 4 is 28.9 Å². The molecule has 0 unspecified atom stereocenters. The number of amides is 1. The molecular formula is C21H26N2O3S. The van der Waals surface area contributed by atoms with Crippen LogP contribution in [0.15, 0.2) is 48.5 Å². The molecule has 0 spiro atoms. The largest absolute Gasteiger partial charge is 0.494 e. The van der Waals surface area contributed by atoms with Crippen LogP contribution in [-0.2, 0) is 0 Å². The van der Waals surface area contributed by atoms with Crippen molar-refractivity contribution in [1.29, 1.82) is 0 Å². The Balaban J connectivity index is 1.96. The summed E-state index contributed by atoms with van der Waals surface area (Å²) in [6.45, 7) is 5.39. The topological polar surface area (TPSA) is 59.6 Å². The molecule has 0 radical (unpaired) electrons. The number of carbonyl (C=O) groups excluding carboxylic acids is 1. The molecule has 0 aliphatic rings. The number of rotatable bonds is 9. The second-order valence-corrected chi connectivity index (χ2v) is 6.39. The molecule has 0 aromatic heterocycles. The van der Waals surface area contributed by atoms with Crippen LogP contribution < -0.4 is 20.1 Å². The van der Waals surface area contributed by atoms with E-state index in [1.54, 1.807) is 18.2 Å². The number of nitrogens with one attached hydrogen (secondary N) is 2. The van der Waals surface area contributed by atoms with E-state index < -0.39 is 0 Å². The van der Waals surface area contributed by atoms with Gasteiger partial charge in [-0.25, -0.2) is 0 Å². The lowest BCUT2D eigenvalue weighted by molar-refractivity contribution is 0.0977. The van der Waals surface area contributed by atoms with Crippen LogP contribution in [0.5, 0.6) is 11.5 Å². The van der Waals surface area contributed by atoms with E-state index in [1.165, 1.54) is 0 Å². The average molecular weight is 387 g/mol. The van der Waals surface area contributed by atoms with Crippen molar-refractivity contribution in [3.63, 3.8) is 0 Å². The maximum Gasteiger partial charge on any atom is 0.257 e. The summed E-state index contributed by atoms with van der Waals surface area (Å²) in [7, 11) is 0. The van der Waals surface area contributed by atoms with Gasteiger partial charge in [-0.2, -0.15) is 0 Å². The van der Waals surface area contributed by atoms with Gasteiger partial charge in [0.1, 0.15) is 11.5 Å². The first-order valence-electron chi connectivity index (χ1n) is 9.21. The van der Waals surface area contributed by atoms with Gasteiger partial charge in [-0.1, -0.05) is 38.5 Å². The number of benzene rings is 2. The minimum atomic E-state index is -0.293. The predicted octanol–water partition coefficient (Wildman–Crippen LogP) is 4.78. The van der Waals surface area contributed by atoms with Crippen LogP contribution in [-0.4, -0.2) is 24.2 Å². The Kier molecular flexibility index (Phi) is 8.58. The molecular weight excluding hydrogens is 360 g/mol. The number of hydrogen-bond donors (Lipinski definition) is 2. The third-order valence-electron chi connectivity index (χ3n) is 3.69. The lowest BCUT2D eigenvalue weighted by Crippen LogP contribution is -2.34. The molecule has 144 valence electrons. The zero-order valence-electron chi connectivity index (χ0n) is 15.8. The van der Waals surface area contributed by atoms with E-state index >= 15 is 0 Å². The fourth-order valence-corrected chi connectivity index (χ4v) is 2.50. The van der Waals surface area contributed by atoms with Gasteiger partial charge >= 0.3 is 0 Å². The zero-order chi connectivity index (χ0) is 19.5. The molecule has 0 bridgehead atoms. The van der Waals surface area contributed by atoms with E-state index in [0.717, 1.165) is 24.9 Å². The fraction of sp³-hybridized carbons (Fsp3) is 0.333. The Labute approximate surface area is 166 Å². The molecule has 2 aromatic carbocycles. The maximum absolute atomic E-state index is 12.4. The molecule has 0 saturated carbocycles. The first-order chi connectivity index (χ1) is 13.1. The van der Waals surface area contributed by atoms with Crippen LogP contribution in [0.4, 0.5) is 5.69 Å². The third-order valence-corrected chi connectivity index (χ3v) is 3.89. The van der Waals surface area contributed by atoms with Crippen LogP contribution in [0, 0.1) is 0 Å². The van der Waals surface area contributed by atoms with E-state index in [2.05, 4.69) is 17.6 Å². The number of anilines is 1. The van der Waals surface area contributed by atoms with Gasteiger partial charge in [-0.3, -0.25) is 10.1 Å². The highest BCUT2D eigenvalue weighted by molar-refractivity contribution is 7.80. The second kappa shape index (κ2) is 11.2. The molecule has 1 amide bonds.